The van der Waals surface area contributed by atoms with Crippen LogP contribution in [0.15, 0.2) is 24.3 Å². The molecule has 1 fully saturated rings. The van der Waals surface area contributed by atoms with Crippen molar-refractivity contribution in [3.63, 3.8) is 0 Å². The largest absolute Gasteiger partial charge is 0.494 e. The van der Waals surface area contributed by atoms with Crippen LogP contribution < -0.4 is 10.1 Å². The van der Waals surface area contributed by atoms with E-state index in [0.29, 0.717) is 31.1 Å². The number of carbonyl (C=O) groups excluding carboxylic acids is 1. The Hall–Kier alpha value is -2.24. The van der Waals surface area contributed by atoms with Crippen molar-refractivity contribution in [3.05, 3.63) is 24.3 Å². The van der Waals surface area contributed by atoms with Crippen molar-refractivity contribution < 1.29 is 19.4 Å². The molecule has 0 saturated carbocycles. The molecule has 2 N–H and O–H groups in total. The molecule has 2 amide bonds. The van der Waals surface area contributed by atoms with E-state index in [9.17, 15) is 9.59 Å². The summed E-state index contributed by atoms with van der Waals surface area (Å²) in [5, 5.41) is 11.7. The molecule has 114 valence electrons. The van der Waals surface area contributed by atoms with Gasteiger partial charge in [0.15, 0.2) is 0 Å². The van der Waals surface area contributed by atoms with E-state index < -0.39 is 11.9 Å². The summed E-state index contributed by atoms with van der Waals surface area (Å²) in [4.78, 5) is 24.5. The third kappa shape index (κ3) is 3.65. The number of nitrogens with one attached hydrogen (secondary N) is 1. The van der Waals surface area contributed by atoms with Gasteiger partial charge in [0.05, 0.1) is 12.5 Å². The van der Waals surface area contributed by atoms with Gasteiger partial charge in [0.2, 0.25) is 0 Å². The van der Waals surface area contributed by atoms with Crippen LogP contribution in [-0.2, 0) is 4.79 Å². The van der Waals surface area contributed by atoms with Gasteiger partial charge in [0.25, 0.3) is 0 Å². The molecule has 0 aromatic heterocycles. The van der Waals surface area contributed by atoms with Crippen molar-refractivity contribution >= 4 is 17.7 Å². The number of anilines is 1. The van der Waals surface area contributed by atoms with Crippen LogP contribution in [0.2, 0.25) is 0 Å². The summed E-state index contributed by atoms with van der Waals surface area (Å²) in [5.74, 6) is -0.501. The van der Waals surface area contributed by atoms with Crippen LogP contribution in [0.25, 0.3) is 0 Å². The molecule has 0 bridgehead atoms. The minimum absolute atomic E-state index is 0.0306. The Labute approximate surface area is 123 Å². The summed E-state index contributed by atoms with van der Waals surface area (Å²) in [6.45, 7) is 5.09. The van der Waals surface area contributed by atoms with Crippen LogP contribution >= 0.6 is 0 Å². The van der Waals surface area contributed by atoms with Gasteiger partial charge in [-0.25, -0.2) is 4.79 Å². The van der Waals surface area contributed by atoms with E-state index in [2.05, 4.69) is 5.32 Å². The van der Waals surface area contributed by atoms with Gasteiger partial charge in [0.1, 0.15) is 5.75 Å². The molecule has 0 radical (unpaired) electrons. The van der Waals surface area contributed by atoms with E-state index in [0.717, 1.165) is 0 Å². The number of aliphatic carboxylic acids is 1. The molecule has 1 unspecified atom stereocenters. The number of rotatable bonds is 5. The third-order valence-electron chi connectivity index (χ3n) is 3.69. The van der Waals surface area contributed by atoms with Crippen molar-refractivity contribution in [1.82, 2.24) is 4.90 Å². The molecule has 6 nitrogen and oxygen atoms in total. The zero-order chi connectivity index (χ0) is 15.4. The van der Waals surface area contributed by atoms with Gasteiger partial charge in [0, 0.05) is 30.8 Å². The van der Waals surface area contributed by atoms with Crippen LogP contribution in [0, 0.1) is 11.8 Å². The second kappa shape index (κ2) is 6.47. The van der Waals surface area contributed by atoms with Crippen LogP contribution in [0.5, 0.6) is 5.75 Å². The van der Waals surface area contributed by atoms with Crippen molar-refractivity contribution in [2.75, 3.05) is 25.0 Å². The lowest BCUT2D eigenvalue weighted by molar-refractivity contribution is -0.144. The molecule has 1 aliphatic rings. The van der Waals surface area contributed by atoms with Crippen LogP contribution in [-0.4, -0.2) is 41.7 Å². The van der Waals surface area contributed by atoms with E-state index in [-0.39, 0.29) is 11.9 Å². The molecule has 21 heavy (non-hydrogen) atoms. The number of hydrogen-bond acceptors (Lipinski definition) is 3. The second-order valence-corrected chi connectivity index (χ2v) is 5.18. The van der Waals surface area contributed by atoms with E-state index in [1.165, 1.54) is 0 Å². The lowest BCUT2D eigenvalue weighted by Crippen LogP contribution is -2.54. The summed E-state index contributed by atoms with van der Waals surface area (Å²) in [6, 6.07) is 6.98. The highest BCUT2D eigenvalue weighted by Gasteiger charge is 2.37. The van der Waals surface area contributed by atoms with Gasteiger partial charge in [-0.05, 0) is 19.1 Å². The van der Waals surface area contributed by atoms with E-state index >= 15 is 0 Å². The Morgan fingerprint density at radius 1 is 1.48 bits per heavy atom. The van der Waals surface area contributed by atoms with Crippen molar-refractivity contribution in [2.45, 2.75) is 13.8 Å². The molecule has 0 aliphatic carbocycles. The van der Waals surface area contributed by atoms with Gasteiger partial charge in [-0.2, -0.15) is 0 Å². The molecular weight excluding hydrogens is 272 g/mol. The molecule has 1 aromatic rings. The third-order valence-corrected chi connectivity index (χ3v) is 3.69. The SMILES string of the molecule is CCOc1cccc(NC(=O)N2CC(C(C)C(=O)O)C2)c1. The van der Waals surface area contributed by atoms with Gasteiger partial charge >= 0.3 is 12.0 Å². The molecule has 1 atom stereocenters. The van der Waals surface area contributed by atoms with E-state index in [4.69, 9.17) is 9.84 Å². The smallest absolute Gasteiger partial charge is 0.321 e. The number of urea groups is 1. The average Bonchev–Trinajstić information content (AvgIpc) is 2.37. The topological polar surface area (TPSA) is 78.9 Å². The number of nitrogens with zero attached hydrogens (tertiary/aromatic N) is 1. The number of carboxylic acid groups (broad SMARTS) is 1. The molecule has 6 heteroatoms. The normalized spacial score (nSPS) is 16.0. The number of benzene rings is 1. The Bertz CT molecular complexity index is 526. The first-order valence-electron chi connectivity index (χ1n) is 7.03. The Morgan fingerprint density at radius 2 is 2.19 bits per heavy atom. The first-order chi connectivity index (χ1) is 10.0. The predicted molar refractivity (Wildman–Crippen MR) is 78.5 cm³/mol. The van der Waals surface area contributed by atoms with Gasteiger partial charge < -0.3 is 20.1 Å². The summed E-state index contributed by atoms with van der Waals surface area (Å²) in [7, 11) is 0. The number of ether oxygens (including phenoxy) is 1. The van der Waals surface area contributed by atoms with Crippen molar-refractivity contribution in [2.24, 2.45) is 11.8 Å². The predicted octanol–water partition coefficient (Wildman–Crippen LogP) is 2.27. The first kappa shape index (κ1) is 15.2. The lowest BCUT2D eigenvalue weighted by Gasteiger charge is -2.41. The highest BCUT2D eigenvalue weighted by Crippen LogP contribution is 2.25. The highest BCUT2D eigenvalue weighted by atomic mass is 16.5. The molecule has 1 aliphatic heterocycles. The molecule has 2 rings (SSSR count). The molecule has 1 saturated heterocycles. The minimum atomic E-state index is -0.815. The lowest BCUT2D eigenvalue weighted by atomic mass is 9.87. The fraction of sp³-hybridized carbons (Fsp3) is 0.467. The molecule has 1 aromatic carbocycles. The fourth-order valence-electron chi connectivity index (χ4n) is 2.23. The highest BCUT2D eigenvalue weighted by molar-refractivity contribution is 5.90. The van der Waals surface area contributed by atoms with Crippen LogP contribution in [0.3, 0.4) is 0 Å². The molecular formula is C15H20N2O4. The first-order valence-corrected chi connectivity index (χ1v) is 7.03. The number of carbonyl (C=O) groups is 2. The second-order valence-electron chi connectivity index (χ2n) is 5.18. The number of likely N-dealkylation sites (tertiary alicyclic amines) is 1. The maximum Gasteiger partial charge on any atom is 0.321 e. The summed E-state index contributed by atoms with van der Waals surface area (Å²) in [5.41, 5.74) is 0.667. The molecule has 0 spiro atoms. The van der Waals surface area contributed by atoms with Crippen molar-refractivity contribution in [3.8, 4) is 5.75 Å². The average molecular weight is 292 g/mol. The van der Waals surface area contributed by atoms with Crippen molar-refractivity contribution in [1.29, 1.82) is 0 Å². The molecule has 1 heterocycles. The maximum absolute atomic E-state index is 12.0. The van der Waals surface area contributed by atoms with Gasteiger partial charge in [-0.15, -0.1) is 0 Å². The zero-order valence-corrected chi connectivity index (χ0v) is 12.2. The zero-order valence-electron chi connectivity index (χ0n) is 12.2. The number of carboxylic acids is 1. The van der Waals surface area contributed by atoms with Gasteiger partial charge in [-0.3, -0.25) is 4.79 Å². The summed E-state index contributed by atoms with van der Waals surface area (Å²) in [6.07, 6.45) is 0. The summed E-state index contributed by atoms with van der Waals surface area (Å²) >= 11 is 0. The fourth-order valence-corrected chi connectivity index (χ4v) is 2.23. The van der Waals surface area contributed by atoms with Gasteiger partial charge in [-0.1, -0.05) is 13.0 Å². The Balaban J connectivity index is 1.86. The minimum Gasteiger partial charge on any atom is -0.494 e. The quantitative estimate of drug-likeness (QED) is 0.872. The van der Waals surface area contributed by atoms with E-state index in [1.807, 2.05) is 19.1 Å². The van der Waals surface area contributed by atoms with Crippen LogP contribution in [0.4, 0.5) is 10.5 Å². The number of hydrogen-bond donors (Lipinski definition) is 2. The summed E-state index contributed by atoms with van der Waals surface area (Å²) < 4.78 is 5.37. The maximum atomic E-state index is 12.0. The van der Waals surface area contributed by atoms with Crippen LogP contribution in [0.1, 0.15) is 13.8 Å². The number of amides is 2. The monoisotopic (exact) mass is 292 g/mol. The van der Waals surface area contributed by atoms with E-state index in [1.54, 1.807) is 24.0 Å². The standard InChI is InChI=1S/C15H20N2O4/c1-3-21-13-6-4-5-12(7-13)16-15(20)17-8-11(9-17)10(2)14(18)19/h4-7,10-11H,3,8-9H2,1-2H3,(H,16,20)(H,18,19). The Morgan fingerprint density at radius 3 is 2.81 bits per heavy atom. The Kier molecular flexibility index (Phi) is 4.67.